The SMILES string of the molecule is [2H]C([2H])([2H])n1c2[n+](c3c1cn1ccccc31)Cc1cnccc1-2. The van der Waals surface area contributed by atoms with Gasteiger partial charge in [-0.25, -0.2) is 9.13 Å². The van der Waals surface area contributed by atoms with Gasteiger partial charge in [-0.15, -0.1) is 0 Å². The maximum Gasteiger partial charge on any atom is 0.290 e. The molecule has 0 N–H and O–H groups in total. The minimum atomic E-state index is -2.24. The molecule has 5 rings (SSSR count). The molecule has 4 nitrogen and oxygen atoms in total. The van der Waals surface area contributed by atoms with Crippen LogP contribution in [0.4, 0.5) is 0 Å². The Hall–Kier alpha value is -2.62. The van der Waals surface area contributed by atoms with Crippen LogP contribution in [-0.2, 0) is 13.5 Å². The number of hydrogen-bond donors (Lipinski definition) is 0. The summed E-state index contributed by atoms with van der Waals surface area (Å²) in [5.41, 5.74) is 4.69. The largest absolute Gasteiger partial charge is 0.316 e. The van der Waals surface area contributed by atoms with Gasteiger partial charge in [0, 0.05) is 24.2 Å². The van der Waals surface area contributed by atoms with Gasteiger partial charge >= 0.3 is 0 Å². The highest BCUT2D eigenvalue weighted by atomic mass is 15.2. The van der Waals surface area contributed by atoms with Crippen molar-refractivity contribution in [2.75, 3.05) is 0 Å². The zero-order chi connectivity index (χ0) is 15.8. The minimum Gasteiger partial charge on any atom is -0.316 e. The molecule has 0 saturated heterocycles. The summed E-state index contributed by atoms with van der Waals surface area (Å²) in [4.78, 5) is 4.17. The van der Waals surface area contributed by atoms with E-state index in [0.717, 1.165) is 33.5 Å². The van der Waals surface area contributed by atoms with Crippen LogP contribution >= 0.6 is 0 Å². The topological polar surface area (TPSA) is 26.1 Å². The number of nitrogens with zero attached hydrogens (tertiary/aromatic N) is 4. The second kappa shape index (κ2) is 3.28. The number of hydrogen-bond acceptors (Lipinski definition) is 1. The molecule has 4 aromatic rings. The molecule has 0 aromatic carbocycles. The Morgan fingerprint density at radius 2 is 2.30 bits per heavy atom. The van der Waals surface area contributed by atoms with Gasteiger partial charge in [-0.2, -0.15) is 0 Å². The molecule has 0 saturated carbocycles. The molecule has 0 bridgehead atoms. The van der Waals surface area contributed by atoms with Crippen molar-refractivity contribution in [3.05, 3.63) is 54.6 Å². The molecule has 4 aromatic heterocycles. The van der Waals surface area contributed by atoms with Gasteiger partial charge in [0.2, 0.25) is 5.52 Å². The Balaban J connectivity index is 2.01. The molecule has 1 aliphatic heterocycles. The van der Waals surface area contributed by atoms with Crippen LogP contribution in [0.5, 0.6) is 0 Å². The van der Waals surface area contributed by atoms with E-state index in [2.05, 4.69) is 9.55 Å². The van der Waals surface area contributed by atoms with E-state index in [1.807, 2.05) is 47.3 Å². The number of fused-ring (bicyclic) bond motifs is 7. The first-order valence-electron chi connectivity index (χ1n) is 8.03. The van der Waals surface area contributed by atoms with Crippen LogP contribution in [0.3, 0.4) is 0 Å². The second-order valence-electron chi connectivity index (χ2n) is 5.13. The summed E-state index contributed by atoms with van der Waals surface area (Å²) >= 11 is 0. The van der Waals surface area contributed by atoms with Gasteiger partial charge < -0.3 is 4.40 Å². The Morgan fingerprint density at radius 3 is 3.25 bits per heavy atom. The third-order valence-electron chi connectivity index (χ3n) is 4.09. The summed E-state index contributed by atoms with van der Waals surface area (Å²) in [6, 6.07) is 7.82. The monoisotopic (exact) mass is 264 g/mol. The summed E-state index contributed by atoms with van der Waals surface area (Å²) < 4.78 is 29.6. The minimum absolute atomic E-state index is 0.645. The third-order valence-corrected chi connectivity index (χ3v) is 4.09. The van der Waals surface area contributed by atoms with Crippen molar-refractivity contribution >= 4 is 16.6 Å². The molecule has 0 atom stereocenters. The summed E-state index contributed by atoms with van der Waals surface area (Å²) in [6.45, 7) is -1.60. The highest BCUT2D eigenvalue weighted by Crippen LogP contribution is 2.32. The quantitative estimate of drug-likeness (QED) is 0.394. The van der Waals surface area contributed by atoms with E-state index in [1.165, 1.54) is 4.57 Å². The molecule has 0 aliphatic carbocycles. The van der Waals surface area contributed by atoms with Crippen LogP contribution in [0.1, 0.15) is 9.68 Å². The van der Waals surface area contributed by atoms with E-state index in [9.17, 15) is 0 Å². The zero-order valence-corrected chi connectivity index (χ0v) is 10.6. The van der Waals surface area contributed by atoms with Gasteiger partial charge in [0.1, 0.15) is 6.54 Å². The van der Waals surface area contributed by atoms with Crippen molar-refractivity contribution in [1.82, 2.24) is 14.0 Å². The summed E-state index contributed by atoms with van der Waals surface area (Å²) in [5, 5.41) is 0. The van der Waals surface area contributed by atoms with Crippen molar-refractivity contribution in [2.45, 2.75) is 6.54 Å². The summed E-state index contributed by atoms with van der Waals surface area (Å²) in [7, 11) is 0. The van der Waals surface area contributed by atoms with Crippen molar-refractivity contribution in [1.29, 1.82) is 0 Å². The Bertz CT molecular complexity index is 1090. The van der Waals surface area contributed by atoms with Crippen LogP contribution < -0.4 is 4.57 Å². The number of imidazole rings is 1. The van der Waals surface area contributed by atoms with Crippen molar-refractivity contribution in [3.63, 3.8) is 0 Å². The average molecular weight is 264 g/mol. The maximum atomic E-state index is 8.01. The number of rotatable bonds is 0. The first-order valence-corrected chi connectivity index (χ1v) is 6.53. The average Bonchev–Trinajstić information content (AvgIpc) is 3.12. The molecular formula is C16H13N4+. The second-order valence-corrected chi connectivity index (χ2v) is 5.13. The van der Waals surface area contributed by atoms with Gasteiger partial charge in [-0.05, 0) is 18.2 Å². The number of aromatic nitrogens is 4. The highest BCUT2D eigenvalue weighted by molar-refractivity contribution is 5.91. The number of aryl methyl sites for hydroxylation is 1. The van der Waals surface area contributed by atoms with E-state index in [0.29, 0.717) is 6.54 Å². The number of pyridine rings is 2. The van der Waals surface area contributed by atoms with Crippen LogP contribution in [0, 0.1) is 0 Å². The molecule has 20 heavy (non-hydrogen) atoms. The predicted molar refractivity (Wildman–Crippen MR) is 76.4 cm³/mol. The lowest BCUT2D eigenvalue weighted by Gasteiger charge is -1.94. The molecule has 0 amide bonds. The normalized spacial score (nSPS) is 15.9. The van der Waals surface area contributed by atoms with Crippen LogP contribution in [0.2, 0.25) is 0 Å². The fraction of sp³-hybridized carbons (Fsp3) is 0.125. The lowest BCUT2D eigenvalue weighted by molar-refractivity contribution is -0.645. The van der Waals surface area contributed by atoms with Gasteiger partial charge in [0.15, 0.2) is 5.52 Å². The van der Waals surface area contributed by atoms with Gasteiger partial charge in [-0.1, -0.05) is 6.07 Å². The fourth-order valence-electron chi connectivity index (χ4n) is 3.24. The first-order chi connectivity index (χ1) is 11.1. The molecule has 0 spiro atoms. The van der Waals surface area contributed by atoms with Gasteiger partial charge in [-0.3, -0.25) is 4.98 Å². The maximum absolute atomic E-state index is 8.01. The van der Waals surface area contributed by atoms with E-state index >= 15 is 0 Å². The molecule has 1 aliphatic rings. The van der Waals surface area contributed by atoms with Crippen molar-refractivity contribution in [3.8, 4) is 11.4 Å². The Kier molecular flexibility index (Phi) is 1.29. The first kappa shape index (κ1) is 7.85. The molecule has 4 heteroatoms. The lowest BCUT2D eigenvalue weighted by atomic mass is 10.2. The van der Waals surface area contributed by atoms with Crippen molar-refractivity contribution < 1.29 is 8.68 Å². The summed E-state index contributed by atoms with van der Waals surface area (Å²) in [5.74, 6) is 0.735. The lowest BCUT2D eigenvalue weighted by Crippen LogP contribution is -2.31. The molecule has 0 radical (unpaired) electrons. The van der Waals surface area contributed by atoms with E-state index in [1.54, 1.807) is 6.20 Å². The fourth-order valence-corrected chi connectivity index (χ4v) is 3.24. The van der Waals surface area contributed by atoms with E-state index < -0.39 is 6.98 Å². The molecule has 0 fully saturated rings. The van der Waals surface area contributed by atoms with Gasteiger partial charge in [0.05, 0.1) is 28.4 Å². The summed E-state index contributed by atoms with van der Waals surface area (Å²) in [6.07, 6.45) is 7.36. The highest BCUT2D eigenvalue weighted by Gasteiger charge is 2.34. The molecule has 96 valence electrons. The molecule has 0 unspecified atom stereocenters. The van der Waals surface area contributed by atoms with E-state index in [-0.39, 0.29) is 0 Å². The van der Waals surface area contributed by atoms with E-state index in [4.69, 9.17) is 4.11 Å². The van der Waals surface area contributed by atoms with Gasteiger partial charge in [0.25, 0.3) is 5.82 Å². The zero-order valence-electron chi connectivity index (χ0n) is 13.6. The van der Waals surface area contributed by atoms with Crippen LogP contribution in [-0.4, -0.2) is 14.0 Å². The predicted octanol–water partition coefficient (Wildman–Crippen LogP) is 2.14. The standard InChI is InChI=1S/C16H13N4/c1-18-14-10-19-7-3-2-4-13(19)15(14)20-9-11-8-17-6-5-12(11)16(18)20/h2-8,10H,9H2,1H3/q+1/i1D3. The third kappa shape index (κ3) is 1.04. The van der Waals surface area contributed by atoms with Crippen molar-refractivity contribution in [2.24, 2.45) is 6.98 Å². The Labute approximate surface area is 119 Å². The van der Waals surface area contributed by atoms with Crippen LogP contribution in [0.15, 0.2) is 49.1 Å². The molecule has 5 heterocycles. The Morgan fingerprint density at radius 1 is 1.30 bits per heavy atom. The van der Waals surface area contributed by atoms with Crippen LogP contribution in [0.25, 0.3) is 27.9 Å². The smallest absolute Gasteiger partial charge is 0.290 e. The molecular weight excluding hydrogens is 248 g/mol.